The lowest BCUT2D eigenvalue weighted by molar-refractivity contribution is -0.652. The van der Waals surface area contributed by atoms with Gasteiger partial charge in [-0.1, -0.05) is 23.5 Å². The maximum Gasteiger partial charge on any atom is 0.227 e. The van der Waals surface area contributed by atoms with E-state index < -0.39 is 0 Å². The van der Waals surface area contributed by atoms with Crippen LogP contribution in [-0.4, -0.2) is 12.9 Å². The highest BCUT2D eigenvalue weighted by molar-refractivity contribution is 8.93. The number of thiazole rings is 1. The summed E-state index contributed by atoms with van der Waals surface area (Å²) in [6.45, 7) is 0.357. The average molecular weight is 365 g/mol. The Morgan fingerprint density at radius 3 is 2.57 bits per heavy atom. The van der Waals surface area contributed by atoms with Crippen molar-refractivity contribution in [2.24, 2.45) is 0 Å². The minimum atomic E-state index is 0. The Labute approximate surface area is 137 Å². The lowest BCUT2D eigenvalue weighted by Gasteiger charge is -2.00. The molecule has 0 aliphatic heterocycles. The molecule has 1 heterocycles. The summed E-state index contributed by atoms with van der Waals surface area (Å²) in [5.41, 5.74) is 3.79. The van der Waals surface area contributed by atoms with Gasteiger partial charge in [0.25, 0.3) is 0 Å². The Kier molecular flexibility index (Phi) is 5.09. The molecule has 2 aromatic carbocycles. The molecule has 5 heteroatoms. The summed E-state index contributed by atoms with van der Waals surface area (Å²) in [6, 6.07) is 15.3. The van der Waals surface area contributed by atoms with Crippen molar-refractivity contribution in [2.75, 3.05) is 7.11 Å². The number of aromatic nitrogens is 1. The zero-order valence-electron chi connectivity index (χ0n) is 11.5. The van der Waals surface area contributed by atoms with E-state index in [0.29, 0.717) is 12.1 Å². The number of hydrogen-bond acceptors (Lipinski definition) is 3. The number of nitrogens with zero attached hydrogens (tertiary/aromatic N) is 1. The maximum absolute atomic E-state index is 12.3. The van der Waals surface area contributed by atoms with Crippen molar-refractivity contribution in [3.63, 3.8) is 0 Å². The van der Waals surface area contributed by atoms with Crippen LogP contribution in [0.15, 0.2) is 54.0 Å². The van der Waals surface area contributed by atoms with E-state index in [2.05, 4.69) is 6.07 Å². The minimum Gasteiger partial charge on any atom is -0.497 e. The first-order chi connectivity index (χ1) is 9.78. The topological polar surface area (TPSA) is 30.2 Å². The summed E-state index contributed by atoms with van der Waals surface area (Å²) < 4.78 is 8.28. The fourth-order valence-corrected chi connectivity index (χ4v) is 3.01. The molecule has 0 aliphatic rings. The number of hydrogen-bond donors (Lipinski definition) is 0. The molecular weight excluding hydrogens is 350 g/mol. The molecule has 0 saturated carbocycles. The molecule has 0 amide bonds. The zero-order chi connectivity index (χ0) is 13.9. The van der Waals surface area contributed by atoms with Crippen LogP contribution in [0.2, 0.25) is 0 Å². The number of benzene rings is 2. The van der Waals surface area contributed by atoms with Crippen molar-refractivity contribution < 1.29 is 14.1 Å². The van der Waals surface area contributed by atoms with Gasteiger partial charge in [-0.25, -0.2) is 0 Å². The first-order valence-electron chi connectivity index (χ1n) is 6.31. The summed E-state index contributed by atoms with van der Waals surface area (Å²) in [7, 11) is 1.62. The quantitative estimate of drug-likeness (QED) is 0.522. The van der Waals surface area contributed by atoms with Crippen LogP contribution in [0.1, 0.15) is 10.4 Å². The van der Waals surface area contributed by atoms with Crippen molar-refractivity contribution in [1.29, 1.82) is 0 Å². The van der Waals surface area contributed by atoms with Gasteiger partial charge >= 0.3 is 0 Å². The Hall–Kier alpha value is -1.72. The highest BCUT2D eigenvalue weighted by Crippen LogP contribution is 2.16. The third-order valence-electron chi connectivity index (χ3n) is 3.21. The molecule has 3 nitrogen and oxygen atoms in total. The van der Waals surface area contributed by atoms with E-state index >= 15 is 0 Å². The lowest BCUT2D eigenvalue weighted by atomic mass is 10.1. The summed E-state index contributed by atoms with van der Waals surface area (Å²) >= 11 is 1.65. The second kappa shape index (κ2) is 6.83. The van der Waals surface area contributed by atoms with E-state index in [1.54, 1.807) is 30.6 Å². The number of para-hydroxylation sites is 1. The zero-order valence-corrected chi connectivity index (χ0v) is 14.0. The number of ether oxygens (including phenoxy) is 1. The van der Waals surface area contributed by atoms with Crippen LogP contribution in [0, 0.1) is 0 Å². The van der Waals surface area contributed by atoms with Gasteiger partial charge in [-0.3, -0.25) is 4.79 Å². The van der Waals surface area contributed by atoms with Crippen LogP contribution < -0.4 is 9.30 Å². The number of carbonyl (C=O) groups excluding carboxylic acids is 1. The molecule has 0 spiro atoms. The van der Waals surface area contributed by atoms with Gasteiger partial charge in [-0.2, -0.15) is 4.57 Å². The molecule has 0 bridgehead atoms. The highest BCUT2D eigenvalue weighted by atomic mass is 79.9. The number of Topliss-reactive ketones (excluding diaryl/α,β-unsaturated/α-hetero) is 1. The second-order valence-electron chi connectivity index (χ2n) is 4.47. The van der Waals surface area contributed by atoms with Gasteiger partial charge in [0, 0.05) is 11.6 Å². The molecule has 0 fully saturated rings. The van der Waals surface area contributed by atoms with Crippen LogP contribution in [0.3, 0.4) is 0 Å². The molecule has 0 N–H and O–H groups in total. The van der Waals surface area contributed by atoms with Crippen LogP contribution >= 0.6 is 28.3 Å². The predicted molar refractivity (Wildman–Crippen MR) is 89.7 cm³/mol. The van der Waals surface area contributed by atoms with E-state index in [-0.39, 0.29) is 22.8 Å². The van der Waals surface area contributed by atoms with Crippen molar-refractivity contribution in [3.05, 3.63) is 59.6 Å². The van der Waals surface area contributed by atoms with Gasteiger partial charge in [0.1, 0.15) is 10.4 Å². The minimum absolute atomic E-state index is 0. The van der Waals surface area contributed by atoms with Crippen molar-refractivity contribution >= 4 is 44.3 Å². The molecule has 3 rings (SSSR count). The molecular formula is C16H15BrNO2S+. The Morgan fingerprint density at radius 1 is 1.14 bits per heavy atom. The van der Waals surface area contributed by atoms with E-state index in [9.17, 15) is 4.79 Å². The molecule has 0 saturated heterocycles. The summed E-state index contributed by atoms with van der Waals surface area (Å²) in [6.07, 6.45) is 0. The van der Waals surface area contributed by atoms with Gasteiger partial charge in [-0.05, 0) is 30.3 Å². The second-order valence-corrected chi connectivity index (χ2v) is 5.36. The predicted octanol–water partition coefficient (Wildman–Crippen LogP) is 3.66. The highest BCUT2D eigenvalue weighted by Gasteiger charge is 2.16. The number of rotatable bonds is 4. The number of carbonyl (C=O) groups is 1. The summed E-state index contributed by atoms with van der Waals surface area (Å²) in [5.74, 6) is 0.858. The standard InChI is InChI=1S/C16H14NO2S.BrH/c1-19-13-8-6-12(7-9-13)15(18)10-17-11-20-16-5-3-2-4-14(16)17;/h2-9,11H,10H2,1H3;1H/q+1;. The average Bonchev–Trinajstić information content (AvgIpc) is 2.91. The van der Waals surface area contributed by atoms with Crippen LogP contribution in [0.4, 0.5) is 0 Å². The third-order valence-corrected chi connectivity index (χ3v) is 4.17. The van der Waals surface area contributed by atoms with Crippen LogP contribution in [-0.2, 0) is 6.54 Å². The van der Waals surface area contributed by atoms with Crippen molar-refractivity contribution in [1.82, 2.24) is 0 Å². The molecule has 1 aromatic heterocycles. The van der Waals surface area contributed by atoms with E-state index in [4.69, 9.17) is 4.74 Å². The molecule has 0 atom stereocenters. The fourth-order valence-electron chi connectivity index (χ4n) is 2.12. The van der Waals surface area contributed by atoms with Crippen LogP contribution in [0.5, 0.6) is 5.75 Å². The van der Waals surface area contributed by atoms with Crippen LogP contribution in [0.25, 0.3) is 10.2 Å². The first-order valence-corrected chi connectivity index (χ1v) is 7.19. The molecule has 21 heavy (non-hydrogen) atoms. The maximum atomic E-state index is 12.3. The van der Waals surface area contributed by atoms with Crippen molar-refractivity contribution in [2.45, 2.75) is 6.54 Å². The van der Waals surface area contributed by atoms with E-state index in [1.807, 2.05) is 40.4 Å². The van der Waals surface area contributed by atoms with E-state index in [1.165, 1.54) is 4.70 Å². The molecule has 0 aliphatic carbocycles. The summed E-state index contributed by atoms with van der Waals surface area (Å²) in [5, 5.41) is 0. The van der Waals surface area contributed by atoms with E-state index in [0.717, 1.165) is 11.3 Å². The van der Waals surface area contributed by atoms with Gasteiger partial charge in [0.15, 0.2) is 0 Å². The largest absolute Gasteiger partial charge is 0.497 e. The molecule has 0 unspecified atom stereocenters. The molecule has 108 valence electrons. The monoisotopic (exact) mass is 364 g/mol. The Bertz CT molecular complexity index is 752. The first kappa shape index (κ1) is 15.7. The smallest absolute Gasteiger partial charge is 0.227 e. The molecule has 3 aromatic rings. The molecule has 0 radical (unpaired) electrons. The van der Waals surface area contributed by atoms with Gasteiger partial charge in [0.2, 0.25) is 23.4 Å². The number of methoxy groups -OCH3 is 1. The van der Waals surface area contributed by atoms with Crippen molar-refractivity contribution in [3.8, 4) is 5.75 Å². The van der Waals surface area contributed by atoms with Gasteiger partial charge in [0.05, 0.1) is 7.11 Å². The Balaban J connectivity index is 0.00000161. The SMILES string of the molecule is Br.COc1ccc(C(=O)C[n+]2csc3ccccc32)cc1. The van der Waals surface area contributed by atoms with Gasteiger partial charge < -0.3 is 4.74 Å². The fraction of sp³-hybridized carbons (Fsp3) is 0.125. The normalized spacial score (nSPS) is 10.1. The lowest BCUT2D eigenvalue weighted by Crippen LogP contribution is -2.36. The van der Waals surface area contributed by atoms with Gasteiger partial charge in [-0.15, -0.1) is 17.0 Å². The summed E-state index contributed by atoms with van der Waals surface area (Å²) in [4.78, 5) is 12.3. The number of fused-ring (bicyclic) bond motifs is 1. The number of ketones is 1. The Morgan fingerprint density at radius 2 is 1.86 bits per heavy atom. The number of halogens is 1. The third kappa shape index (κ3) is 3.31.